The summed E-state index contributed by atoms with van der Waals surface area (Å²) in [6.45, 7) is 0. The van der Waals surface area contributed by atoms with Crippen molar-refractivity contribution in [1.29, 1.82) is 0 Å². The standard InChI is InChI=1S/C22H15BrN5O4S.Rb/c1-32-20-7-4-15(33(30,31)28-14-3-6-18-12(8-14)11-24-27-18)10-17(20)21-25-19-5-2-13(23)9-16(19)22(29)26-21;/h3-11,28H,1H3,(H,24,27)(H,25,26,29);/q-1;+1. The van der Waals surface area contributed by atoms with Gasteiger partial charge >= 0.3 is 58.2 Å². The molecule has 5 aromatic rings. The number of fused-ring (bicyclic) bond motifs is 2. The first-order valence-electron chi connectivity index (χ1n) is 9.60. The van der Waals surface area contributed by atoms with Gasteiger partial charge in [0.1, 0.15) is 11.6 Å². The summed E-state index contributed by atoms with van der Waals surface area (Å²) in [5.74, 6) is 0.536. The van der Waals surface area contributed by atoms with Gasteiger partial charge in [0.2, 0.25) is 5.56 Å². The number of benzene rings is 3. The van der Waals surface area contributed by atoms with Gasteiger partial charge < -0.3 is 9.72 Å². The van der Waals surface area contributed by atoms with Gasteiger partial charge in [-0.1, -0.05) is 20.4 Å². The fourth-order valence-electron chi connectivity index (χ4n) is 3.44. The topological polar surface area (TPSA) is 130 Å². The first-order chi connectivity index (χ1) is 15.8. The Bertz CT molecular complexity index is 1700. The summed E-state index contributed by atoms with van der Waals surface area (Å²) >= 11 is 3.29. The molecule has 0 unspecified atom stereocenters. The number of hydrogen-bond acceptors (Lipinski definition) is 6. The third-order valence-electron chi connectivity index (χ3n) is 5.03. The number of rotatable bonds is 5. The summed E-state index contributed by atoms with van der Waals surface area (Å²) in [5, 5.41) is 7.90. The van der Waals surface area contributed by atoms with Crippen LogP contribution in [0.4, 0.5) is 5.69 Å². The summed E-state index contributed by atoms with van der Waals surface area (Å²) in [7, 11) is -2.49. The number of hydrogen-bond donors (Lipinski definition) is 3. The van der Waals surface area contributed by atoms with Crippen LogP contribution in [0.2, 0.25) is 0 Å². The van der Waals surface area contributed by atoms with E-state index in [1.165, 1.54) is 25.3 Å². The molecule has 0 radical (unpaired) electrons. The van der Waals surface area contributed by atoms with Gasteiger partial charge in [0, 0.05) is 11.1 Å². The third-order valence-corrected chi connectivity index (χ3v) is 6.87. The molecule has 5 rings (SSSR count). The maximum absolute atomic E-state index is 13.1. The number of aromatic nitrogens is 4. The molecule has 0 atom stereocenters. The zero-order valence-electron chi connectivity index (χ0n) is 18.0. The molecule has 166 valence electrons. The fraction of sp³-hybridized carbons (Fsp3) is 0.0455. The van der Waals surface area contributed by atoms with Crippen molar-refractivity contribution in [3.63, 3.8) is 0 Å². The molecule has 12 heteroatoms. The maximum atomic E-state index is 13.1. The van der Waals surface area contributed by atoms with Crippen LogP contribution in [0.5, 0.6) is 5.75 Å². The number of halogens is 1. The minimum atomic E-state index is -3.95. The van der Waals surface area contributed by atoms with E-state index < -0.39 is 10.0 Å². The van der Waals surface area contributed by atoms with E-state index in [9.17, 15) is 13.2 Å². The van der Waals surface area contributed by atoms with E-state index in [0.717, 1.165) is 10.9 Å². The quantitative estimate of drug-likeness (QED) is 0.253. The van der Waals surface area contributed by atoms with Crippen molar-refractivity contribution in [2.24, 2.45) is 0 Å². The molecule has 0 fully saturated rings. The van der Waals surface area contributed by atoms with Crippen LogP contribution in [-0.4, -0.2) is 35.7 Å². The molecule has 2 heterocycles. The summed E-state index contributed by atoms with van der Waals surface area (Å²) < 4.78 is 34.8. The molecule has 0 saturated carbocycles. The summed E-state index contributed by atoms with van der Waals surface area (Å²) in [5.41, 5.74) is 1.55. The minimum Gasteiger partial charge on any atom is -0.496 e. The van der Waals surface area contributed by atoms with E-state index >= 15 is 0 Å². The first kappa shape index (κ1) is 25.2. The Morgan fingerprint density at radius 1 is 1.15 bits per heavy atom. The Labute approximate surface area is 251 Å². The van der Waals surface area contributed by atoms with Crippen LogP contribution >= 0.6 is 15.9 Å². The average Bonchev–Trinajstić information content (AvgIpc) is 3.26. The molecule has 3 N–H and O–H groups in total. The number of anilines is 1. The van der Waals surface area contributed by atoms with Crippen molar-refractivity contribution in [2.45, 2.75) is 4.90 Å². The molecule has 0 aliphatic heterocycles. The van der Waals surface area contributed by atoms with Crippen LogP contribution in [-0.2, 0) is 10.0 Å². The van der Waals surface area contributed by atoms with Crippen molar-refractivity contribution >= 4 is 53.4 Å². The number of H-pyrrole nitrogens is 2. The Hall–Kier alpha value is -1.89. The van der Waals surface area contributed by atoms with Crippen LogP contribution in [0, 0.1) is 6.07 Å². The average molecular weight is 611 g/mol. The molecule has 0 aliphatic carbocycles. The van der Waals surface area contributed by atoms with E-state index in [-0.39, 0.29) is 74.5 Å². The molecule has 0 bridgehead atoms. The van der Waals surface area contributed by atoms with Gasteiger partial charge in [0.25, 0.3) is 10.0 Å². The van der Waals surface area contributed by atoms with Crippen LogP contribution < -0.4 is 73.2 Å². The minimum absolute atomic E-state index is 0. The summed E-state index contributed by atoms with van der Waals surface area (Å²) in [4.78, 5) is 19.8. The number of nitrogens with zero attached hydrogens (tertiary/aromatic N) is 2. The fourth-order valence-corrected chi connectivity index (χ4v) is 4.86. The molecule has 3 aromatic carbocycles. The monoisotopic (exact) mass is 609 g/mol. The number of ether oxygens (including phenoxy) is 1. The Morgan fingerprint density at radius 2 is 1.97 bits per heavy atom. The zero-order chi connectivity index (χ0) is 23.2. The molecule has 0 aliphatic rings. The van der Waals surface area contributed by atoms with Gasteiger partial charge in [-0.05, 0) is 47.3 Å². The van der Waals surface area contributed by atoms with Gasteiger partial charge in [-0.15, -0.1) is 6.07 Å². The third kappa shape index (κ3) is 4.91. The molecule has 9 nitrogen and oxygen atoms in total. The number of sulfonamides is 1. The molecular weight excluding hydrogens is 596 g/mol. The van der Waals surface area contributed by atoms with Gasteiger partial charge in [-0.25, -0.2) is 8.42 Å². The largest absolute Gasteiger partial charge is 1.00 e. The Kier molecular flexibility index (Phi) is 7.41. The predicted molar refractivity (Wildman–Crippen MR) is 128 cm³/mol. The number of nitrogens with one attached hydrogen (secondary N) is 3. The zero-order valence-corrected chi connectivity index (χ0v) is 25.3. The summed E-state index contributed by atoms with van der Waals surface area (Å²) in [6.07, 6.45) is 1.61. The second-order valence-electron chi connectivity index (χ2n) is 7.13. The normalized spacial score (nSPS) is 11.4. The van der Waals surface area contributed by atoms with E-state index in [2.05, 4.69) is 46.9 Å². The Balaban J connectivity index is 0.00000274. The van der Waals surface area contributed by atoms with E-state index in [0.29, 0.717) is 32.4 Å². The van der Waals surface area contributed by atoms with Crippen molar-refractivity contribution in [1.82, 2.24) is 20.2 Å². The molecule has 0 amide bonds. The van der Waals surface area contributed by atoms with Crippen LogP contribution in [0.25, 0.3) is 33.2 Å². The van der Waals surface area contributed by atoms with Crippen LogP contribution in [0.3, 0.4) is 0 Å². The smallest absolute Gasteiger partial charge is 0.496 e. The SMILES string of the molecule is COc1ccc(S(=O)(=O)Nc2ccc3[nH]ncc3c2)cc1-c1nc2c[c-]c(Br)cc2c(=O)[nH]1.[Rb+]. The molecular formula is C22H15BrN5O4RbS. The number of aromatic amines is 2. The van der Waals surface area contributed by atoms with Gasteiger partial charge in [0.05, 0.1) is 29.3 Å². The van der Waals surface area contributed by atoms with Crippen molar-refractivity contribution in [2.75, 3.05) is 11.8 Å². The van der Waals surface area contributed by atoms with E-state index in [1.54, 1.807) is 36.5 Å². The van der Waals surface area contributed by atoms with Crippen molar-refractivity contribution in [3.8, 4) is 17.1 Å². The Morgan fingerprint density at radius 3 is 2.76 bits per heavy atom. The maximum Gasteiger partial charge on any atom is 1.00 e. The predicted octanol–water partition coefficient (Wildman–Crippen LogP) is 0.842. The molecule has 2 aromatic heterocycles. The van der Waals surface area contributed by atoms with Crippen LogP contribution in [0.1, 0.15) is 0 Å². The van der Waals surface area contributed by atoms with Crippen LogP contribution in [0.15, 0.2) is 68.9 Å². The van der Waals surface area contributed by atoms with E-state index in [1.807, 2.05) is 0 Å². The van der Waals surface area contributed by atoms with Crippen molar-refractivity contribution < 1.29 is 71.3 Å². The summed E-state index contributed by atoms with van der Waals surface area (Å²) in [6, 6.07) is 15.5. The molecule has 34 heavy (non-hydrogen) atoms. The first-order valence-corrected chi connectivity index (χ1v) is 11.9. The number of methoxy groups -OCH3 is 1. The second kappa shape index (κ2) is 10.00. The van der Waals surface area contributed by atoms with E-state index in [4.69, 9.17) is 4.74 Å². The van der Waals surface area contributed by atoms with Gasteiger partial charge in [-0.2, -0.15) is 17.2 Å². The van der Waals surface area contributed by atoms with Gasteiger partial charge in [0.15, 0.2) is 0 Å². The van der Waals surface area contributed by atoms with Gasteiger partial charge in [-0.3, -0.25) is 19.6 Å². The molecule has 0 spiro atoms. The molecule has 0 saturated heterocycles. The van der Waals surface area contributed by atoms with Crippen molar-refractivity contribution in [3.05, 3.63) is 75.6 Å². The second-order valence-corrected chi connectivity index (χ2v) is 9.67.